The number of benzene rings is 1. The fourth-order valence-corrected chi connectivity index (χ4v) is 3.27. The number of hydrogen-bond acceptors (Lipinski definition) is 2. The molecule has 1 aromatic heterocycles. The van der Waals surface area contributed by atoms with Gasteiger partial charge in [-0.25, -0.2) is 0 Å². The maximum absolute atomic E-state index is 10.7. The van der Waals surface area contributed by atoms with Crippen molar-refractivity contribution < 1.29 is 9.90 Å². The number of aromatic nitrogens is 1. The van der Waals surface area contributed by atoms with E-state index in [0.29, 0.717) is 6.42 Å². The Kier molecular flexibility index (Phi) is 3.49. The number of aliphatic carboxylic acids is 1. The number of nitrogens with zero attached hydrogens (tertiary/aromatic N) is 1. The second-order valence-corrected chi connectivity index (χ2v) is 5.59. The Labute approximate surface area is 118 Å². The van der Waals surface area contributed by atoms with Crippen LogP contribution in [0.15, 0.2) is 24.3 Å². The number of carboxylic acid groups (broad SMARTS) is 1. The van der Waals surface area contributed by atoms with Crippen molar-refractivity contribution in [2.75, 3.05) is 0 Å². The number of para-hydroxylation sites is 1. The van der Waals surface area contributed by atoms with Gasteiger partial charge in [-0.1, -0.05) is 18.2 Å². The molecule has 1 unspecified atom stereocenters. The Morgan fingerprint density at radius 1 is 1.40 bits per heavy atom. The minimum atomic E-state index is -0.725. The van der Waals surface area contributed by atoms with Crippen LogP contribution < -0.4 is 5.73 Å². The van der Waals surface area contributed by atoms with Crippen molar-refractivity contribution in [1.29, 1.82) is 0 Å². The zero-order valence-electron chi connectivity index (χ0n) is 11.5. The van der Waals surface area contributed by atoms with Gasteiger partial charge in [-0.05, 0) is 37.3 Å². The number of carboxylic acids is 1. The Bertz CT molecular complexity index is 645. The minimum absolute atomic E-state index is 0.223. The molecule has 0 saturated heterocycles. The first-order valence-corrected chi connectivity index (χ1v) is 7.23. The Morgan fingerprint density at radius 2 is 2.20 bits per heavy atom. The van der Waals surface area contributed by atoms with Gasteiger partial charge in [0.2, 0.25) is 0 Å². The van der Waals surface area contributed by atoms with Crippen LogP contribution in [-0.2, 0) is 24.2 Å². The van der Waals surface area contributed by atoms with Crippen LogP contribution in [0.5, 0.6) is 0 Å². The molecule has 0 spiro atoms. The van der Waals surface area contributed by atoms with Gasteiger partial charge in [0, 0.05) is 35.6 Å². The average Bonchev–Trinajstić information content (AvgIpc) is 2.73. The quantitative estimate of drug-likeness (QED) is 0.897. The molecular weight excluding hydrogens is 252 g/mol. The van der Waals surface area contributed by atoms with E-state index in [1.165, 1.54) is 22.2 Å². The number of nitrogens with two attached hydrogens (primary N) is 1. The van der Waals surface area contributed by atoms with E-state index in [2.05, 4.69) is 22.8 Å². The second kappa shape index (κ2) is 5.29. The molecule has 1 aromatic carbocycles. The van der Waals surface area contributed by atoms with Gasteiger partial charge in [0.1, 0.15) is 0 Å². The third-order valence-electron chi connectivity index (χ3n) is 4.18. The van der Waals surface area contributed by atoms with Crippen LogP contribution in [0.2, 0.25) is 0 Å². The molecule has 1 aliphatic carbocycles. The SMILES string of the molecule is NC1CCc2c(c3ccccc3n2CCCC(=O)O)C1. The van der Waals surface area contributed by atoms with Gasteiger partial charge in [0.05, 0.1) is 0 Å². The molecule has 3 rings (SSSR count). The first kappa shape index (κ1) is 13.2. The van der Waals surface area contributed by atoms with E-state index >= 15 is 0 Å². The lowest BCUT2D eigenvalue weighted by molar-refractivity contribution is -0.137. The molecular formula is C16H20N2O2. The summed E-state index contributed by atoms with van der Waals surface area (Å²) in [7, 11) is 0. The van der Waals surface area contributed by atoms with Crippen molar-refractivity contribution in [1.82, 2.24) is 4.57 Å². The highest BCUT2D eigenvalue weighted by atomic mass is 16.4. The molecule has 3 N–H and O–H groups in total. The number of rotatable bonds is 4. The van der Waals surface area contributed by atoms with E-state index in [9.17, 15) is 4.79 Å². The van der Waals surface area contributed by atoms with Gasteiger partial charge in [0.25, 0.3) is 0 Å². The standard InChI is InChI=1S/C16H20N2O2/c17-11-7-8-15-13(10-11)12-4-1-2-5-14(12)18(15)9-3-6-16(19)20/h1-2,4-5,11H,3,6-10,17H2,(H,19,20). The fraction of sp³-hybridized carbons (Fsp3) is 0.438. The molecule has 0 amide bonds. The van der Waals surface area contributed by atoms with E-state index in [4.69, 9.17) is 10.8 Å². The summed E-state index contributed by atoms with van der Waals surface area (Å²) in [6.45, 7) is 0.775. The van der Waals surface area contributed by atoms with Crippen LogP contribution in [0.25, 0.3) is 10.9 Å². The summed E-state index contributed by atoms with van der Waals surface area (Å²) in [6, 6.07) is 8.63. The summed E-state index contributed by atoms with van der Waals surface area (Å²) in [6.07, 6.45) is 3.84. The van der Waals surface area contributed by atoms with Gasteiger partial charge in [-0.15, -0.1) is 0 Å². The average molecular weight is 272 g/mol. The Hall–Kier alpha value is -1.81. The molecule has 0 aliphatic heterocycles. The van der Waals surface area contributed by atoms with Crippen LogP contribution in [0, 0.1) is 0 Å². The topological polar surface area (TPSA) is 68.2 Å². The lowest BCUT2D eigenvalue weighted by Gasteiger charge is -2.20. The van der Waals surface area contributed by atoms with Crippen LogP contribution >= 0.6 is 0 Å². The van der Waals surface area contributed by atoms with E-state index in [1.54, 1.807) is 0 Å². The fourth-order valence-electron chi connectivity index (χ4n) is 3.27. The zero-order valence-corrected chi connectivity index (χ0v) is 11.5. The maximum atomic E-state index is 10.7. The molecule has 20 heavy (non-hydrogen) atoms. The summed E-state index contributed by atoms with van der Waals surface area (Å²) in [5.74, 6) is -0.725. The summed E-state index contributed by atoms with van der Waals surface area (Å²) >= 11 is 0. The zero-order chi connectivity index (χ0) is 14.1. The molecule has 0 saturated carbocycles. The molecule has 0 bridgehead atoms. The van der Waals surface area contributed by atoms with Crippen molar-refractivity contribution in [3.63, 3.8) is 0 Å². The monoisotopic (exact) mass is 272 g/mol. The van der Waals surface area contributed by atoms with Gasteiger partial charge < -0.3 is 15.4 Å². The third-order valence-corrected chi connectivity index (χ3v) is 4.18. The normalized spacial score (nSPS) is 18.1. The van der Waals surface area contributed by atoms with Gasteiger partial charge >= 0.3 is 5.97 Å². The smallest absolute Gasteiger partial charge is 0.303 e. The van der Waals surface area contributed by atoms with Crippen molar-refractivity contribution in [2.24, 2.45) is 5.73 Å². The molecule has 1 heterocycles. The van der Waals surface area contributed by atoms with E-state index < -0.39 is 5.97 Å². The molecule has 106 valence electrons. The number of carbonyl (C=O) groups is 1. The Morgan fingerprint density at radius 3 is 3.00 bits per heavy atom. The van der Waals surface area contributed by atoms with Crippen LogP contribution in [0.3, 0.4) is 0 Å². The van der Waals surface area contributed by atoms with Crippen molar-refractivity contribution >= 4 is 16.9 Å². The maximum Gasteiger partial charge on any atom is 0.303 e. The van der Waals surface area contributed by atoms with E-state index in [-0.39, 0.29) is 12.5 Å². The van der Waals surface area contributed by atoms with Crippen molar-refractivity contribution in [2.45, 2.75) is 44.7 Å². The summed E-state index contributed by atoms with van der Waals surface area (Å²) < 4.78 is 2.31. The van der Waals surface area contributed by atoms with Crippen LogP contribution in [0.1, 0.15) is 30.5 Å². The lowest BCUT2D eigenvalue weighted by Crippen LogP contribution is -2.28. The largest absolute Gasteiger partial charge is 0.481 e. The second-order valence-electron chi connectivity index (χ2n) is 5.59. The first-order chi connectivity index (χ1) is 9.66. The molecule has 4 nitrogen and oxygen atoms in total. The highest BCUT2D eigenvalue weighted by Gasteiger charge is 2.23. The predicted octanol–water partition coefficient (Wildman–Crippen LogP) is 2.32. The molecule has 1 atom stereocenters. The molecule has 0 radical (unpaired) electrons. The van der Waals surface area contributed by atoms with E-state index in [0.717, 1.165) is 25.8 Å². The van der Waals surface area contributed by atoms with Gasteiger partial charge in [-0.2, -0.15) is 0 Å². The lowest BCUT2D eigenvalue weighted by atomic mass is 9.92. The van der Waals surface area contributed by atoms with Crippen LogP contribution in [-0.4, -0.2) is 21.7 Å². The summed E-state index contributed by atoms with van der Waals surface area (Å²) in [5.41, 5.74) is 10.1. The summed E-state index contributed by atoms with van der Waals surface area (Å²) in [4.78, 5) is 10.7. The first-order valence-electron chi connectivity index (χ1n) is 7.23. The molecule has 4 heteroatoms. The Balaban J connectivity index is 2.00. The number of hydrogen-bond donors (Lipinski definition) is 2. The van der Waals surface area contributed by atoms with Crippen LogP contribution in [0.4, 0.5) is 0 Å². The van der Waals surface area contributed by atoms with Gasteiger partial charge in [-0.3, -0.25) is 4.79 Å². The number of aryl methyl sites for hydroxylation is 1. The molecule has 2 aromatic rings. The third kappa shape index (κ3) is 2.31. The van der Waals surface area contributed by atoms with E-state index in [1.807, 2.05) is 6.07 Å². The minimum Gasteiger partial charge on any atom is -0.481 e. The molecule has 0 fully saturated rings. The highest BCUT2D eigenvalue weighted by Crippen LogP contribution is 2.32. The summed E-state index contributed by atoms with van der Waals surface area (Å²) in [5, 5.41) is 10.1. The van der Waals surface area contributed by atoms with Gasteiger partial charge in [0.15, 0.2) is 0 Å². The highest BCUT2D eigenvalue weighted by molar-refractivity contribution is 5.86. The number of fused-ring (bicyclic) bond motifs is 3. The van der Waals surface area contributed by atoms with Crippen molar-refractivity contribution in [3.05, 3.63) is 35.5 Å². The molecule has 1 aliphatic rings. The predicted molar refractivity (Wildman–Crippen MR) is 78.8 cm³/mol. The van der Waals surface area contributed by atoms with Crippen molar-refractivity contribution in [3.8, 4) is 0 Å².